The number of carbonyl (C=O) groups excluding carboxylic acids is 3. The lowest BCUT2D eigenvalue weighted by atomic mass is 10.1. The normalized spacial score (nSPS) is 18.5. The first-order chi connectivity index (χ1) is 14.8. The van der Waals surface area contributed by atoms with Crippen LogP contribution in [0.5, 0.6) is 0 Å². The number of aryl methyl sites for hydroxylation is 1. The van der Waals surface area contributed by atoms with Crippen molar-refractivity contribution in [3.8, 4) is 0 Å². The second-order valence-electron chi connectivity index (χ2n) is 8.30. The van der Waals surface area contributed by atoms with Gasteiger partial charge in [0.2, 0.25) is 11.8 Å². The summed E-state index contributed by atoms with van der Waals surface area (Å²) >= 11 is 6.14. The smallest absolute Gasteiger partial charge is 0.255 e. The first-order valence-corrected chi connectivity index (χ1v) is 11.0. The van der Waals surface area contributed by atoms with Crippen LogP contribution in [-0.4, -0.2) is 42.3 Å². The van der Waals surface area contributed by atoms with Crippen molar-refractivity contribution in [1.82, 2.24) is 4.90 Å². The van der Waals surface area contributed by atoms with Crippen molar-refractivity contribution in [3.05, 3.63) is 58.1 Å². The molecule has 2 aliphatic heterocycles. The average molecular weight is 440 g/mol. The van der Waals surface area contributed by atoms with Crippen LogP contribution in [0.25, 0.3) is 0 Å². The lowest BCUT2D eigenvalue weighted by Crippen LogP contribution is -2.31. The Balaban J connectivity index is 1.52. The van der Waals surface area contributed by atoms with E-state index in [-0.39, 0.29) is 24.1 Å². The molecule has 2 aromatic rings. The van der Waals surface area contributed by atoms with E-state index in [4.69, 9.17) is 11.6 Å². The predicted octanol–water partition coefficient (Wildman–Crippen LogP) is 4.18. The van der Waals surface area contributed by atoms with Crippen molar-refractivity contribution in [3.63, 3.8) is 0 Å². The molecule has 0 spiro atoms. The predicted molar refractivity (Wildman–Crippen MR) is 122 cm³/mol. The molecular weight excluding hydrogens is 414 g/mol. The number of nitrogens with zero attached hydrogens (tertiary/aromatic N) is 2. The Hall–Kier alpha value is -2.86. The molecule has 31 heavy (non-hydrogen) atoms. The van der Waals surface area contributed by atoms with Crippen molar-refractivity contribution in [2.75, 3.05) is 29.9 Å². The fourth-order valence-corrected chi connectivity index (χ4v) is 4.45. The molecule has 0 bridgehead atoms. The Morgan fingerprint density at radius 2 is 1.84 bits per heavy atom. The summed E-state index contributed by atoms with van der Waals surface area (Å²) in [4.78, 5) is 42.1. The third-order valence-corrected chi connectivity index (χ3v) is 6.46. The number of hydrogen-bond acceptors (Lipinski definition) is 3. The van der Waals surface area contributed by atoms with Gasteiger partial charge >= 0.3 is 0 Å². The summed E-state index contributed by atoms with van der Waals surface area (Å²) in [5.74, 6) is -0.961. The Labute approximate surface area is 187 Å². The molecule has 4 rings (SSSR count). The van der Waals surface area contributed by atoms with Crippen LogP contribution in [0.2, 0.25) is 5.02 Å². The Morgan fingerprint density at radius 1 is 1.10 bits per heavy atom. The Morgan fingerprint density at radius 3 is 2.58 bits per heavy atom. The van der Waals surface area contributed by atoms with Crippen LogP contribution in [0.15, 0.2) is 36.4 Å². The van der Waals surface area contributed by atoms with Gasteiger partial charge in [-0.1, -0.05) is 23.7 Å². The number of rotatable bonds is 4. The van der Waals surface area contributed by atoms with Crippen LogP contribution in [0.3, 0.4) is 0 Å². The summed E-state index contributed by atoms with van der Waals surface area (Å²) in [5, 5.41) is 3.30. The van der Waals surface area contributed by atoms with E-state index in [0.717, 1.165) is 42.7 Å². The largest absolute Gasteiger partial charge is 0.339 e. The van der Waals surface area contributed by atoms with Crippen molar-refractivity contribution in [2.24, 2.45) is 5.92 Å². The van der Waals surface area contributed by atoms with Crippen LogP contribution in [-0.2, 0) is 9.59 Å². The average Bonchev–Trinajstić information content (AvgIpc) is 3.40. The molecule has 3 amide bonds. The van der Waals surface area contributed by atoms with Gasteiger partial charge in [-0.25, -0.2) is 0 Å². The summed E-state index contributed by atoms with van der Waals surface area (Å²) in [6.07, 6.45) is 2.11. The summed E-state index contributed by atoms with van der Waals surface area (Å²) < 4.78 is 0. The number of nitrogens with one attached hydrogen (secondary N) is 1. The van der Waals surface area contributed by atoms with Crippen LogP contribution in [0, 0.1) is 19.8 Å². The van der Waals surface area contributed by atoms with Gasteiger partial charge < -0.3 is 15.1 Å². The molecule has 1 atom stereocenters. The molecule has 0 saturated carbocycles. The van der Waals surface area contributed by atoms with E-state index in [1.807, 2.05) is 32.0 Å². The standard InChI is InChI=1S/C24H26ClN3O3/c1-15-6-5-7-21(16(15)2)28-14-17(12-22(28)29)23(30)26-20-13-18(25)8-9-19(20)24(31)27-10-3-4-11-27/h5-9,13,17H,3-4,10-12,14H2,1-2H3,(H,26,30). The molecule has 2 saturated heterocycles. The highest BCUT2D eigenvalue weighted by Crippen LogP contribution is 2.31. The van der Waals surface area contributed by atoms with E-state index in [0.29, 0.717) is 22.8 Å². The maximum atomic E-state index is 13.0. The molecule has 7 heteroatoms. The van der Waals surface area contributed by atoms with Gasteiger partial charge in [-0.3, -0.25) is 14.4 Å². The van der Waals surface area contributed by atoms with Crippen molar-refractivity contribution in [2.45, 2.75) is 33.1 Å². The minimum atomic E-state index is -0.499. The third-order valence-electron chi connectivity index (χ3n) is 6.23. The van der Waals surface area contributed by atoms with Crippen LogP contribution < -0.4 is 10.2 Å². The van der Waals surface area contributed by atoms with Crippen molar-refractivity contribution < 1.29 is 14.4 Å². The quantitative estimate of drug-likeness (QED) is 0.776. The molecule has 2 aromatic carbocycles. The van der Waals surface area contributed by atoms with E-state index in [1.165, 1.54) is 0 Å². The van der Waals surface area contributed by atoms with Gasteiger partial charge in [0.05, 0.1) is 17.2 Å². The molecule has 2 heterocycles. The molecule has 162 valence electrons. The zero-order valence-electron chi connectivity index (χ0n) is 17.8. The third kappa shape index (κ3) is 4.30. The second-order valence-corrected chi connectivity index (χ2v) is 8.74. The fourth-order valence-electron chi connectivity index (χ4n) is 4.28. The molecule has 1 unspecified atom stereocenters. The number of amides is 3. The van der Waals surface area contributed by atoms with Gasteiger partial charge in [0, 0.05) is 36.8 Å². The molecule has 0 aliphatic carbocycles. The monoisotopic (exact) mass is 439 g/mol. The van der Waals surface area contributed by atoms with Crippen molar-refractivity contribution in [1.29, 1.82) is 0 Å². The van der Waals surface area contributed by atoms with Gasteiger partial charge in [-0.15, -0.1) is 0 Å². The van der Waals surface area contributed by atoms with Crippen LogP contribution in [0.4, 0.5) is 11.4 Å². The summed E-state index contributed by atoms with van der Waals surface area (Å²) in [7, 11) is 0. The SMILES string of the molecule is Cc1cccc(N2CC(C(=O)Nc3cc(Cl)ccc3C(=O)N3CCCC3)CC2=O)c1C. The molecule has 2 aliphatic rings. The second kappa shape index (κ2) is 8.71. The number of likely N-dealkylation sites (tertiary alicyclic amines) is 1. The van der Waals surface area contributed by atoms with E-state index in [1.54, 1.807) is 28.0 Å². The van der Waals surface area contributed by atoms with Gasteiger partial charge in [0.1, 0.15) is 0 Å². The van der Waals surface area contributed by atoms with E-state index >= 15 is 0 Å². The lowest BCUT2D eigenvalue weighted by Gasteiger charge is -2.21. The molecule has 1 N–H and O–H groups in total. The summed E-state index contributed by atoms with van der Waals surface area (Å²) in [5.41, 5.74) is 3.79. The Kier molecular flexibility index (Phi) is 6.01. The number of anilines is 2. The molecule has 0 aromatic heterocycles. The van der Waals surface area contributed by atoms with Gasteiger partial charge in [-0.2, -0.15) is 0 Å². The summed E-state index contributed by atoms with van der Waals surface area (Å²) in [6.45, 7) is 5.73. The molecule has 2 fully saturated rings. The van der Waals surface area contributed by atoms with Gasteiger partial charge in [-0.05, 0) is 62.1 Å². The maximum absolute atomic E-state index is 13.0. The lowest BCUT2D eigenvalue weighted by molar-refractivity contribution is -0.122. The minimum absolute atomic E-state index is 0.0756. The van der Waals surface area contributed by atoms with Crippen LogP contribution in [0.1, 0.15) is 40.7 Å². The minimum Gasteiger partial charge on any atom is -0.339 e. The van der Waals surface area contributed by atoms with E-state index in [2.05, 4.69) is 5.32 Å². The highest BCUT2D eigenvalue weighted by Gasteiger charge is 2.36. The number of halogens is 1. The maximum Gasteiger partial charge on any atom is 0.255 e. The first-order valence-electron chi connectivity index (χ1n) is 10.6. The van der Waals surface area contributed by atoms with Gasteiger partial charge in [0.15, 0.2) is 0 Å². The highest BCUT2D eigenvalue weighted by atomic mass is 35.5. The zero-order valence-corrected chi connectivity index (χ0v) is 18.5. The Bertz CT molecular complexity index is 1050. The topological polar surface area (TPSA) is 69.7 Å². The molecule has 6 nitrogen and oxygen atoms in total. The first kappa shape index (κ1) is 21.4. The van der Waals surface area contributed by atoms with E-state index < -0.39 is 5.92 Å². The number of hydrogen-bond donors (Lipinski definition) is 1. The van der Waals surface area contributed by atoms with E-state index in [9.17, 15) is 14.4 Å². The van der Waals surface area contributed by atoms with Gasteiger partial charge in [0.25, 0.3) is 5.91 Å². The summed E-state index contributed by atoms with van der Waals surface area (Å²) in [6, 6.07) is 10.7. The fraction of sp³-hybridized carbons (Fsp3) is 0.375. The highest BCUT2D eigenvalue weighted by molar-refractivity contribution is 6.31. The number of carbonyl (C=O) groups is 3. The van der Waals surface area contributed by atoms with Crippen molar-refractivity contribution >= 4 is 40.7 Å². The zero-order chi connectivity index (χ0) is 22.1. The number of benzene rings is 2. The van der Waals surface area contributed by atoms with Crippen LogP contribution >= 0.6 is 11.6 Å². The molecule has 0 radical (unpaired) electrons. The molecular formula is C24H26ClN3O3.